The Hall–Kier alpha value is -1.39. The molecule has 3 nitrogen and oxygen atoms in total. The zero-order chi connectivity index (χ0) is 15.2. The summed E-state index contributed by atoms with van der Waals surface area (Å²) in [5.41, 5.74) is 3.60. The topological polar surface area (TPSA) is 34.1 Å². The van der Waals surface area contributed by atoms with Crippen molar-refractivity contribution in [2.45, 2.75) is 46.7 Å². The fourth-order valence-electron chi connectivity index (χ4n) is 2.13. The molecule has 2 aromatic rings. The molecule has 114 valence electrons. The molecule has 0 saturated carbocycles. The van der Waals surface area contributed by atoms with Gasteiger partial charge in [-0.1, -0.05) is 19.9 Å². The van der Waals surface area contributed by atoms with Gasteiger partial charge >= 0.3 is 0 Å². The molecule has 0 aliphatic carbocycles. The standard InChI is InChI=1S/C17H24N2OS/c1-12(2)18-10-15-11-21-17(19-15)5-6-20-16-8-13(3)7-14(4)9-16/h7-9,11-12,18H,5-6,10H2,1-4H3. The van der Waals surface area contributed by atoms with E-state index in [4.69, 9.17) is 4.74 Å². The third-order valence-electron chi connectivity index (χ3n) is 3.07. The quantitative estimate of drug-likeness (QED) is 0.843. The van der Waals surface area contributed by atoms with Crippen molar-refractivity contribution in [1.29, 1.82) is 0 Å². The number of nitrogens with one attached hydrogen (secondary N) is 1. The summed E-state index contributed by atoms with van der Waals surface area (Å²) in [4.78, 5) is 4.62. The summed E-state index contributed by atoms with van der Waals surface area (Å²) in [6, 6.07) is 6.80. The van der Waals surface area contributed by atoms with Gasteiger partial charge in [0.2, 0.25) is 0 Å². The normalized spacial score (nSPS) is 11.1. The fourth-order valence-corrected chi connectivity index (χ4v) is 2.91. The molecule has 1 N–H and O–H groups in total. The molecule has 1 aromatic heterocycles. The van der Waals surface area contributed by atoms with Crippen molar-refractivity contribution in [3.8, 4) is 5.75 Å². The summed E-state index contributed by atoms with van der Waals surface area (Å²) >= 11 is 1.71. The third kappa shape index (κ3) is 5.48. The average molecular weight is 304 g/mol. The number of ether oxygens (including phenoxy) is 1. The maximum Gasteiger partial charge on any atom is 0.119 e. The van der Waals surface area contributed by atoms with Crippen LogP contribution in [0.5, 0.6) is 5.75 Å². The molecule has 1 aromatic carbocycles. The first-order valence-electron chi connectivity index (χ1n) is 7.40. The Labute approximate surface area is 131 Å². The van der Waals surface area contributed by atoms with Crippen LogP contribution in [-0.2, 0) is 13.0 Å². The predicted octanol–water partition coefficient (Wildman–Crippen LogP) is 3.88. The lowest BCUT2D eigenvalue weighted by Gasteiger charge is -2.07. The van der Waals surface area contributed by atoms with Gasteiger partial charge in [-0.05, 0) is 37.1 Å². The van der Waals surface area contributed by atoms with Crippen molar-refractivity contribution in [1.82, 2.24) is 10.3 Å². The first kappa shape index (κ1) is 16.0. The Balaban J connectivity index is 1.80. The van der Waals surface area contributed by atoms with Gasteiger partial charge in [-0.3, -0.25) is 0 Å². The summed E-state index contributed by atoms with van der Waals surface area (Å²) in [6.07, 6.45) is 0.860. The summed E-state index contributed by atoms with van der Waals surface area (Å²) in [5, 5.41) is 6.65. The highest BCUT2D eigenvalue weighted by Gasteiger charge is 2.04. The van der Waals surface area contributed by atoms with E-state index in [-0.39, 0.29) is 0 Å². The minimum Gasteiger partial charge on any atom is -0.493 e. The molecule has 0 amide bonds. The van der Waals surface area contributed by atoms with E-state index in [1.165, 1.54) is 11.1 Å². The SMILES string of the molecule is Cc1cc(C)cc(OCCc2nc(CNC(C)C)cs2)c1. The van der Waals surface area contributed by atoms with Crippen LogP contribution >= 0.6 is 11.3 Å². The second kappa shape index (κ2) is 7.57. The van der Waals surface area contributed by atoms with E-state index in [1.54, 1.807) is 11.3 Å². The van der Waals surface area contributed by atoms with Crippen LogP contribution in [0.3, 0.4) is 0 Å². The zero-order valence-electron chi connectivity index (χ0n) is 13.3. The Morgan fingerprint density at radius 2 is 1.90 bits per heavy atom. The summed E-state index contributed by atoms with van der Waals surface area (Å²) in [6.45, 7) is 9.98. The van der Waals surface area contributed by atoms with Gasteiger partial charge in [0, 0.05) is 24.4 Å². The van der Waals surface area contributed by atoms with Gasteiger partial charge in [-0.15, -0.1) is 11.3 Å². The molecule has 0 aliphatic rings. The Bertz CT molecular complexity index is 558. The monoisotopic (exact) mass is 304 g/mol. The van der Waals surface area contributed by atoms with Crippen molar-refractivity contribution >= 4 is 11.3 Å². The number of thiazole rings is 1. The van der Waals surface area contributed by atoms with E-state index in [0.29, 0.717) is 12.6 Å². The lowest BCUT2D eigenvalue weighted by Crippen LogP contribution is -2.21. The number of hydrogen-bond acceptors (Lipinski definition) is 4. The summed E-state index contributed by atoms with van der Waals surface area (Å²) < 4.78 is 5.83. The van der Waals surface area contributed by atoms with Gasteiger partial charge in [0.25, 0.3) is 0 Å². The first-order valence-corrected chi connectivity index (χ1v) is 8.28. The Morgan fingerprint density at radius 3 is 2.57 bits per heavy atom. The van der Waals surface area contributed by atoms with Crippen molar-refractivity contribution in [3.05, 3.63) is 45.4 Å². The van der Waals surface area contributed by atoms with Gasteiger partial charge in [0.05, 0.1) is 17.3 Å². The molecule has 2 rings (SSSR count). The van der Waals surface area contributed by atoms with Crippen LogP contribution in [0.25, 0.3) is 0 Å². The van der Waals surface area contributed by atoms with Crippen LogP contribution in [0.15, 0.2) is 23.6 Å². The minimum absolute atomic E-state index is 0.489. The number of aromatic nitrogens is 1. The molecular weight excluding hydrogens is 280 g/mol. The second-order valence-electron chi connectivity index (χ2n) is 5.69. The molecule has 4 heteroatoms. The summed E-state index contributed by atoms with van der Waals surface area (Å²) in [5.74, 6) is 0.950. The number of benzene rings is 1. The molecule has 0 saturated heterocycles. The predicted molar refractivity (Wildman–Crippen MR) is 89.2 cm³/mol. The van der Waals surface area contributed by atoms with E-state index in [9.17, 15) is 0 Å². The van der Waals surface area contributed by atoms with Gasteiger partial charge in [0.15, 0.2) is 0 Å². The van der Waals surface area contributed by atoms with Crippen LogP contribution in [0, 0.1) is 13.8 Å². The molecule has 0 aliphatic heterocycles. The van der Waals surface area contributed by atoms with Gasteiger partial charge < -0.3 is 10.1 Å². The maximum atomic E-state index is 5.83. The molecule has 0 radical (unpaired) electrons. The number of rotatable bonds is 7. The largest absolute Gasteiger partial charge is 0.493 e. The molecule has 0 unspecified atom stereocenters. The minimum atomic E-state index is 0.489. The van der Waals surface area contributed by atoms with Crippen LogP contribution in [0.1, 0.15) is 35.7 Å². The van der Waals surface area contributed by atoms with Crippen LogP contribution in [-0.4, -0.2) is 17.6 Å². The molecule has 1 heterocycles. The Morgan fingerprint density at radius 1 is 1.19 bits per heavy atom. The lowest BCUT2D eigenvalue weighted by atomic mass is 10.1. The molecule has 0 spiro atoms. The second-order valence-corrected chi connectivity index (χ2v) is 6.63. The van der Waals surface area contributed by atoms with Crippen molar-refractivity contribution in [2.24, 2.45) is 0 Å². The van der Waals surface area contributed by atoms with E-state index in [1.807, 2.05) is 0 Å². The van der Waals surface area contributed by atoms with E-state index in [2.05, 4.69) is 61.6 Å². The van der Waals surface area contributed by atoms with Crippen LogP contribution < -0.4 is 10.1 Å². The number of aryl methyl sites for hydroxylation is 2. The van der Waals surface area contributed by atoms with Gasteiger partial charge in [0.1, 0.15) is 5.75 Å². The van der Waals surface area contributed by atoms with Crippen molar-refractivity contribution in [2.75, 3.05) is 6.61 Å². The van der Waals surface area contributed by atoms with Crippen molar-refractivity contribution in [3.63, 3.8) is 0 Å². The van der Waals surface area contributed by atoms with Crippen LogP contribution in [0.2, 0.25) is 0 Å². The van der Waals surface area contributed by atoms with Crippen molar-refractivity contribution < 1.29 is 4.74 Å². The molecule has 0 fully saturated rings. The number of nitrogens with zero attached hydrogens (tertiary/aromatic N) is 1. The molecule has 0 bridgehead atoms. The zero-order valence-corrected chi connectivity index (χ0v) is 14.1. The van der Waals surface area contributed by atoms with Gasteiger partial charge in [-0.25, -0.2) is 4.98 Å². The average Bonchev–Trinajstić information content (AvgIpc) is 2.83. The van der Waals surface area contributed by atoms with E-state index < -0.39 is 0 Å². The first-order chi connectivity index (χ1) is 10.0. The van der Waals surface area contributed by atoms with E-state index in [0.717, 1.165) is 29.4 Å². The lowest BCUT2D eigenvalue weighted by molar-refractivity contribution is 0.321. The highest BCUT2D eigenvalue weighted by Crippen LogP contribution is 2.17. The smallest absolute Gasteiger partial charge is 0.119 e. The maximum absolute atomic E-state index is 5.83. The molecular formula is C17H24N2OS. The Kier molecular flexibility index (Phi) is 5.76. The highest BCUT2D eigenvalue weighted by molar-refractivity contribution is 7.09. The molecule has 21 heavy (non-hydrogen) atoms. The van der Waals surface area contributed by atoms with Crippen LogP contribution in [0.4, 0.5) is 0 Å². The molecule has 0 atom stereocenters. The van der Waals surface area contributed by atoms with E-state index >= 15 is 0 Å². The fraction of sp³-hybridized carbons (Fsp3) is 0.471. The number of hydrogen-bond donors (Lipinski definition) is 1. The highest BCUT2D eigenvalue weighted by atomic mass is 32.1. The van der Waals surface area contributed by atoms with Gasteiger partial charge in [-0.2, -0.15) is 0 Å². The summed E-state index contributed by atoms with van der Waals surface area (Å²) in [7, 11) is 0. The third-order valence-corrected chi connectivity index (χ3v) is 4.03.